The maximum Gasteiger partial charge on any atom is 0.275 e. The van der Waals surface area contributed by atoms with Crippen LogP contribution in [0.4, 0.5) is 5.13 Å². The van der Waals surface area contributed by atoms with Crippen LogP contribution in [-0.2, 0) is 10.0 Å². The highest BCUT2D eigenvalue weighted by Gasteiger charge is 2.15. The summed E-state index contributed by atoms with van der Waals surface area (Å²) in [4.78, 5) is 16.5. The fourth-order valence-corrected chi connectivity index (χ4v) is 3.79. The third-order valence-electron chi connectivity index (χ3n) is 3.45. The van der Waals surface area contributed by atoms with Crippen LogP contribution in [0.15, 0.2) is 46.2 Å². The first-order valence-corrected chi connectivity index (χ1v) is 9.35. The van der Waals surface area contributed by atoms with Gasteiger partial charge in [0, 0.05) is 12.3 Å². The molecule has 2 aromatic heterocycles. The molecule has 0 radical (unpaired) electrons. The van der Waals surface area contributed by atoms with E-state index in [0.29, 0.717) is 10.1 Å². The molecule has 0 saturated carbocycles. The zero-order valence-corrected chi connectivity index (χ0v) is 14.6. The molecule has 0 saturated heterocycles. The first-order valence-electron chi connectivity index (χ1n) is 7.05. The van der Waals surface area contributed by atoms with E-state index < -0.39 is 10.0 Å². The van der Waals surface area contributed by atoms with Crippen LogP contribution >= 0.6 is 11.3 Å². The van der Waals surface area contributed by atoms with Crippen LogP contribution < -0.4 is 15.6 Å². The Morgan fingerprint density at radius 3 is 2.79 bits per heavy atom. The van der Waals surface area contributed by atoms with Crippen molar-refractivity contribution < 1.29 is 8.42 Å². The summed E-state index contributed by atoms with van der Waals surface area (Å²) in [5, 5.41) is 7.88. The predicted molar refractivity (Wildman–Crippen MR) is 91.9 cm³/mol. The molecule has 8 nitrogen and oxygen atoms in total. The van der Waals surface area contributed by atoms with Gasteiger partial charge in [-0.2, -0.15) is 4.52 Å². The minimum absolute atomic E-state index is 0.193. The van der Waals surface area contributed by atoms with Gasteiger partial charge in [0.25, 0.3) is 5.56 Å². The van der Waals surface area contributed by atoms with Crippen molar-refractivity contribution in [2.24, 2.45) is 0 Å². The fourth-order valence-electron chi connectivity index (χ4n) is 2.14. The lowest BCUT2D eigenvalue weighted by Gasteiger charge is -2.14. The van der Waals surface area contributed by atoms with E-state index in [2.05, 4.69) is 20.1 Å². The van der Waals surface area contributed by atoms with Crippen molar-refractivity contribution in [1.29, 1.82) is 0 Å². The lowest BCUT2D eigenvalue weighted by Crippen LogP contribution is -2.19. The first kappa shape index (κ1) is 16.6. The van der Waals surface area contributed by atoms with Crippen molar-refractivity contribution in [2.45, 2.75) is 17.9 Å². The number of nitrogens with one attached hydrogen (secondary N) is 2. The molecule has 0 spiro atoms. The fraction of sp³-hybridized carbons (Fsp3) is 0.214. The van der Waals surface area contributed by atoms with E-state index in [4.69, 9.17) is 0 Å². The van der Waals surface area contributed by atoms with E-state index in [1.54, 1.807) is 12.1 Å². The Balaban J connectivity index is 1.89. The van der Waals surface area contributed by atoms with Crippen LogP contribution in [0.5, 0.6) is 0 Å². The second-order valence-corrected chi connectivity index (χ2v) is 7.87. The number of fused-ring (bicyclic) bond motifs is 1. The number of sulfonamides is 1. The van der Waals surface area contributed by atoms with Gasteiger partial charge in [-0.1, -0.05) is 23.5 Å². The number of anilines is 1. The van der Waals surface area contributed by atoms with Crippen molar-refractivity contribution in [3.05, 3.63) is 52.4 Å². The summed E-state index contributed by atoms with van der Waals surface area (Å²) in [7, 11) is -2.13. The Hall–Kier alpha value is -2.30. The van der Waals surface area contributed by atoms with Gasteiger partial charge in [-0.15, -0.1) is 5.10 Å². The van der Waals surface area contributed by atoms with Gasteiger partial charge in [0.1, 0.15) is 0 Å². The first-order chi connectivity index (χ1) is 11.4. The standard InChI is InChI=1S/C14H15N5O3S2/c1-9(10-4-3-5-11(8-10)24(21,22)15-2)17-13-18-19-12(20)6-7-16-14(19)23-13/h3-9,15H,1-2H3,(H,17,18). The number of benzene rings is 1. The van der Waals surface area contributed by atoms with Gasteiger partial charge in [0.2, 0.25) is 20.1 Å². The molecule has 0 aliphatic heterocycles. The molecule has 0 bridgehead atoms. The van der Waals surface area contributed by atoms with Crippen LogP contribution in [0.3, 0.4) is 0 Å². The Morgan fingerprint density at radius 2 is 2.08 bits per heavy atom. The number of rotatable bonds is 5. The normalized spacial score (nSPS) is 13.1. The van der Waals surface area contributed by atoms with Crippen molar-refractivity contribution in [3.63, 3.8) is 0 Å². The van der Waals surface area contributed by atoms with E-state index in [1.165, 1.54) is 41.2 Å². The molecular formula is C14H15N5O3S2. The Morgan fingerprint density at radius 1 is 1.29 bits per heavy atom. The van der Waals surface area contributed by atoms with Gasteiger partial charge in [-0.3, -0.25) is 4.79 Å². The lowest BCUT2D eigenvalue weighted by atomic mass is 10.1. The molecule has 1 atom stereocenters. The minimum Gasteiger partial charge on any atom is -0.354 e. The zero-order chi connectivity index (χ0) is 17.3. The van der Waals surface area contributed by atoms with Gasteiger partial charge in [0.05, 0.1) is 10.9 Å². The third kappa shape index (κ3) is 3.16. The molecule has 24 heavy (non-hydrogen) atoms. The van der Waals surface area contributed by atoms with E-state index in [9.17, 15) is 13.2 Å². The van der Waals surface area contributed by atoms with Crippen LogP contribution in [0, 0.1) is 0 Å². The summed E-state index contributed by atoms with van der Waals surface area (Å²) >= 11 is 1.25. The number of hydrogen-bond donors (Lipinski definition) is 2. The maximum atomic E-state index is 11.9. The Labute approximate surface area is 142 Å². The predicted octanol–water partition coefficient (Wildman–Crippen LogP) is 1.23. The summed E-state index contributed by atoms with van der Waals surface area (Å²) in [6.07, 6.45) is 1.44. The number of nitrogens with zero attached hydrogens (tertiary/aromatic N) is 3. The van der Waals surface area contributed by atoms with Crippen molar-refractivity contribution in [2.75, 3.05) is 12.4 Å². The van der Waals surface area contributed by atoms with E-state index in [1.807, 2.05) is 13.0 Å². The average molecular weight is 365 g/mol. The summed E-state index contributed by atoms with van der Waals surface area (Å²) in [5.74, 6) is 0. The quantitative estimate of drug-likeness (QED) is 0.705. The molecule has 3 aromatic rings. The molecule has 3 rings (SSSR count). The Bertz CT molecular complexity index is 1040. The van der Waals surface area contributed by atoms with Gasteiger partial charge >= 0.3 is 0 Å². The van der Waals surface area contributed by atoms with Crippen molar-refractivity contribution in [3.8, 4) is 0 Å². The smallest absolute Gasteiger partial charge is 0.275 e. The van der Waals surface area contributed by atoms with Crippen LogP contribution in [0.25, 0.3) is 4.96 Å². The molecule has 126 valence electrons. The van der Waals surface area contributed by atoms with Crippen LogP contribution in [-0.4, -0.2) is 30.1 Å². The molecule has 2 N–H and O–H groups in total. The molecule has 0 fully saturated rings. The summed E-state index contributed by atoms with van der Waals surface area (Å²) < 4.78 is 27.3. The van der Waals surface area contributed by atoms with E-state index in [0.717, 1.165) is 5.56 Å². The SMILES string of the molecule is CNS(=O)(=O)c1cccc(C(C)Nc2nn3c(=O)ccnc3s2)c1. The monoisotopic (exact) mass is 365 g/mol. The van der Waals surface area contributed by atoms with Gasteiger partial charge in [-0.25, -0.2) is 18.1 Å². The van der Waals surface area contributed by atoms with E-state index >= 15 is 0 Å². The highest BCUT2D eigenvalue weighted by atomic mass is 32.2. The number of hydrogen-bond acceptors (Lipinski definition) is 7. The third-order valence-corrected chi connectivity index (χ3v) is 5.71. The molecule has 10 heteroatoms. The molecular weight excluding hydrogens is 350 g/mol. The molecule has 2 heterocycles. The van der Waals surface area contributed by atoms with Crippen molar-refractivity contribution >= 4 is 31.5 Å². The minimum atomic E-state index is -3.50. The molecule has 1 aromatic carbocycles. The van der Waals surface area contributed by atoms with Gasteiger partial charge in [-0.05, 0) is 31.7 Å². The second-order valence-electron chi connectivity index (χ2n) is 5.03. The van der Waals surface area contributed by atoms with Gasteiger partial charge < -0.3 is 5.32 Å². The average Bonchev–Trinajstić information content (AvgIpc) is 2.99. The summed E-state index contributed by atoms with van der Waals surface area (Å²) in [6.45, 7) is 1.88. The van der Waals surface area contributed by atoms with Crippen LogP contribution in [0.2, 0.25) is 0 Å². The van der Waals surface area contributed by atoms with Crippen LogP contribution in [0.1, 0.15) is 18.5 Å². The molecule has 0 amide bonds. The topological polar surface area (TPSA) is 105 Å². The van der Waals surface area contributed by atoms with Crippen molar-refractivity contribution in [1.82, 2.24) is 19.3 Å². The molecule has 0 aliphatic rings. The van der Waals surface area contributed by atoms with Gasteiger partial charge in [0.15, 0.2) is 0 Å². The highest BCUT2D eigenvalue weighted by Crippen LogP contribution is 2.24. The second kappa shape index (κ2) is 6.30. The maximum absolute atomic E-state index is 11.9. The molecule has 0 aliphatic carbocycles. The summed E-state index contributed by atoms with van der Waals surface area (Å²) in [6, 6.07) is 7.77. The molecule has 1 unspecified atom stereocenters. The lowest BCUT2D eigenvalue weighted by molar-refractivity contribution is 0.588. The highest BCUT2D eigenvalue weighted by molar-refractivity contribution is 7.89. The largest absolute Gasteiger partial charge is 0.354 e. The Kier molecular flexibility index (Phi) is 4.35. The zero-order valence-electron chi connectivity index (χ0n) is 12.9. The number of aromatic nitrogens is 3. The summed E-state index contributed by atoms with van der Waals surface area (Å²) in [5.41, 5.74) is 0.532. The van der Waals surface area contributed by atoms with E-state index in [-0.39, 0.29) is 16.5 Å².